The van der Waals surface area contributed by atoms with Gasteiger partial charge in [-0.15, -0.1) is 0 Å². The van der Waals surface area contributed by atoms with E-state index < -0.39 is 5.95 Å². The van der Waals surface area contributed by atoms with Crippen molar-refractivity contribution in [3.8, 4) is 0 Å². The molecule has 5 heteroatoms. The number of rotatable bonds is 4. The van der Waals surface area contributed by atoms with Crippen LogP contribution in [0.25, 0.3) is 0 Å². The number of aromatic nitrogens is 2. The Morgan fingerprint density at radius 2 is 2.33 bits per heavy atom. The molecule has 1 aromatic rings. The Hall–Kier alpha value is -1.23. The van der Waals surface area contributed by atoms with E-state index in [0.29, 0.717) is 19.0 Å². The van der Waals surface area contributed by atoms with Gasteiger partial charge >= 0.3 is 0 Å². The lowest BCUT2D eigenvalue weighted by molar-refractivity contribution is 0.210. The van der Waals surface area contributed by atoms with Crippen LogP contribution in [0.2, 0.25) is 0 Å². The smallest absolute Gasteiger partial charge is 0.231 e. The van der Waals surface area contributed by atoms with Gasteiger partial charge in [0.2, 0.25) is 5.95 Å². The Kier molecular flexibility index (Phi) is 3.40. The van der Waals surface area contributed by atoms with Gasteiger partial charge in [0, 0.05) is 13.7 Å². The van der Waals surface area contributed by atoms with E-state index in [1.807, 2.05) is 0 Å². The highest BCUT2D eigenvalue weighted by Crippen LogP contribution is 1.98. The Bertz CT molecular complexity index is 227. The summed E-state index contributed by atoms with van der Waals surface area (Å²) >= 11 is 0. The van der Waals surface area contributed by atoms with Crippen molar-refractivity contribution in [3.05, 3.63) is 18.3 Å². The first kappa shape index (κ1) is 8.86. The summed E-state index contributed by atoms with van der Waals surface area (Å²) in [7, 11) is 1.61. The summed E-state index contributed by atoms with van der Waals surface area (Å²) in [4.78, 5) is 7.17. The third-order valence-corrected chi connectivity index (χ3v) is 1.23. The standard InChI is InChI=1S/C7H10FN3O/c1-12-3-2-9-7-5-10-6(8)4-11-7/h4-5H,2-3H2,1H3,(H,9,11). The summed E-state index contributed by atoms with van der Waals surface area (Å²) in [6, 6.07) is 0. The highest BCUT2D eigenvalue weighted by Gasteiger charge is 1.93. The lowest BCUT2D eigenvalue weighted by atomic mass is 10.6. The fourth-order valence-electron chi connectivity index (χ4n) is 0.685. The third-order valence-electron chi connectivity index (χ3n) is 1.23. The van der Waals surface area contributed by atoms with Crippen molar-refractivity contribution >= 4 is 5.82 Å². The first-order chi connectivity index (χ1) is 5.83. The van der Waals surface area contributed by atoms with E-state index in [4.69, 9.17) is 4.74 Å². The summed E-state index contributed by atoms with van der Waals surface area (Å²) in [6.07, 6.45) is 2.40. The number of nitrogens with one attached hydrogen (secondary N) is 1. The van der Waals surface area contributed by atoms with Crippen molar-refractivity contribution < 1.29 is 9.13 Å². The summed E-state index contributed by atoms with van der Waals surface area (Å²) in [6.45, 7) is 1.22. The molecule has 0 unspecified atom stereocenters. The fourth-order valence-corrected chi connectivity index (χ4v) is 0.685. The molecule has 1 rings (SSSR count). The van der Waals surface area contributed by atoms with Crippen LogP contribution in [-0.4, -0.2) is 30.2 Å². The third kappa shape index (κ3) is 2.79. The van der Waals surface area contributed by atoms with Crippen LogP contribution in [0.15, 0.2) is 12.4 Å². The highest BCUT2D eigenvalue weighted by atomic mass is 19.1. The molecule has 0 amide bonds. The number of methoxy groups -OCH3 is 1. The lowest BCUT2D eigenvalue weighted by Gasteiger charge is -2.02. The normalized spacial score (nSPS) is 9.83. The number of nitrogens with zero attached hydrogens (tertiary/aromatic N) is 2. The molecule has 1 aromatic heterocycles. The number of hydrogen-bond acceptors (Lipinski definition) is 4. The van der Waals surface area contributed by atoms with E-state index in [0.717, 1.165) is 6.20 Å². The molecule has 0 aliphatic rings. The van der Waals surface area contributed by atoms with Gasteiger partial charge in [0.25, 0.3) is 0 Å². The molecule has 0 bridgehead atoms. The van der Waals surface area contributed by atoms with Crippen LogP contribution < -0.4 is 5.32 Å². The van der Waals surface area contributed by atoms with Gasteiger partial charge in [-0.25, -0.2) is 9.97 Å². The molecule has 0 aliphatic heterocycles. The Morgan fingerprint density at radius 1 is 1.50 bits per heavy atom. The average molecular weight is 171 g/mol. The molecule has 0 aromatic carbocycles. The second-order valence-corrected chi connectivity index (χ2v) is 2.14. The van der Waals surface area contributed by atoms with Gasteiger partial charge in [-0.2, -0.15) is 4.39 Å². The summed E-state index contributed by atoms with van der Waals surface area (Å²) < 4.78 is 17.1. The van der Waals surface area contributed by atoms with Crippen LogP contribution in [0.1, 0.15) is 0 Å². The molecule has 0 aliphatic carbocycles. The number of hydrogen-bond donors (Lipinski definition) is 1. The second kappa shape index (κ2) is 4.61. The molecule has 0 radical (unpaired) electrons. The molecule has 1 N–H and O–H groups in total. The maximum absolute atomic E-state index is 12.2. The molecule has 0 saturated carbocycles. The fraction of sp³-hybridized carbons (Fsp3) is 0.429. The Morgan fingerprint density at radius 3 is 2.92 bits per heavy atom. The Balaban J connectivity index is 2.37. The van der Waals surface area contributed by atoms with Crippen LogP contribution in [0, 0.1) is 5.95 Å². The summed E-state index contributed by atoms with van der Waals surface area (Å²) in [5.41, 5.74) is 0. The zero-order chi connectivity index (χ0) is 8.81. The van der Waals surface area contributed by atoms with Gasteiger partial charge in [0.05, 0.1) is 19.0 Å². The van der Waals surface area contributed by atoms with E-state index >= 15 is 0 Å². The molecule has 0 atom stereocenters. The minimum atomic E-state index is -0.577. The van der Waals surface area contributed by atoms with Gasteiger partial charge in [-0.1, -0.05) is 0 Å². The molecule has 1 heterocycles. The molecule has 0 saturated heterocycles. The van der Waals surface area contributed by atoms with Crippen molar-refractivity contribution in [2.24, 2.45) is 0 Å². The molecular weight excluding hydrogens is 161 g/mol. The topological polar surface area (TPSA) is 47.0 Å². The average Bonchev–Trinajstić information content (AvgIpc) is 2.09. The van der Waals surface area contributed by atoms with Crippen molar-refractivity contribution in [2.75, 3.05) is 25.6 Å². The van der Waals surface area contributed by atoms with Crippen LogP contribution in [0.4, 0.5) is 10.2 Å². The van der Waals surface area contributed by atoms with Gasteiger partial charge in [0.1, 0.15) is 5.82 Å². The molecule has 0 spiro atoms. The van der Waals surface area contributed by atoms with Gasteiger partial charge in [-0.3, -0.25) is 0 Å². The zero-order valence-electron chi connectivity index (χ0n) is 6.75. The monoisotopic (exact) mass is 171 g/mol. The molecular formula is C7H10FN3O. The summed E-state index contributed by atoms with van der Waals surface area (Å²) in [5, 5.41) is 2.91. The number of ether oxygens (including phenoxy) is 1. The quantitative estimate of drug-likeness (QED) is 0.676. The first-order valence-corrected chi connectivity index (χ1v) is 3.53. The lowest BCUT2D eigenvalue weighted by Crippen LogP contribution is -2.09. The largest absolute Gasteiger partial charge is 0.383 e. The Labute approximate surface area is 69.8 Å². The zero-order valence-corrected chi connectivity index (χ0v) is 6.75. The molecule has 0 fully saturated rings. The maximum Gasteiger partial charge on any atom is 0.231 e. The highest BCUT2D eigenvalue weighted by molar-refractivity contribution is 5.29. The van der Waals surface area contributed by atoms with Crippen molar-refractivity contribution in [1.29, 1.82) is 0 Å². The van der Waals surface area contributed by atoms with E-state index in [1.165, 1.54) is 6.20 Å². The minimum absolute atomic E-state index is 0.549. The van der Waals surface area contributed by atoms with E-state index in [9.17, 15) is 4.39 Å². The van der Waals surface area contributed by atoms with Crippen LogP contribution >= 0.6 is 0 Å². The number of halogens is 1. The first-order valence-electron chi connectivity index (χ1n) is 3.53. The van der Waals surface area contributed by atoms with Crippen LogP contribution in [0.5, 0.6) is 0 Å². The maximum atomic E-state index is 12.2. The molecule has 66 valence electrons. The minimum Gasteiger partial charge on any atom is -0.383 e. The van der Waals surface area contributed by atoms with Crippen molar-refractivity contribution in [1.82, 2.24) is 9.97 Å². The second-order valence-electron chi connectivity index (χ2n) is 2.14. The van der Waals surface area contributed by atoms with Gasteiger partial charge in [-0.05, 0) is 0 Å². The van der Waals surface area contributed by atoms with Gasteiger partial charge in [0.15, 0.2) is 0 Å². The van der Waals surface area contributed by atoms with Crippen LogP contribution in [0.3, 0.4) is 0 Å². The van der Waals surface area contributed by atoms with Crippen molar-refractivity contribution in [2.45, 2.75) is 0 Å². The predicted molar refractivity (Wildman–Crippen MR) is 42.4 cm³/mol. The van der Waals surface area contributed by atoms with E-state index in [2.05, 4.69) is 15.3 Å². The van der Waals surface area contributed by atoms with E-state index in [-0.39, 0.29) is 0 Å². The van der Waals surface area contributed by atoms with Crippen molar-refractivity contribution in [3.63, 3.8) is 0 Å². The SMILES string of the molecule is COCCNc1cnc(F)cn1. The van der Waals surface area contributed by atoms with Crippen LogP contribution in [-0.2, 0) is 4.74 Å². The van der Waals surface area contributed by atoms with Gasteiger partial charge < -0.3 is 10.1 Å². The predicted octanol–water partition coefficient (Wildman–Crippen LogP) is 0.674. The molecule has 12 heavy (non-hydrogen) atoms. The molecule has 4 nitrogen and oxygen atoms in total. The number of anilines is 1. The van der Waals surface area contributed by atoms with E-state index in [1.54, 1.807) is 7.11 Å². The summed E-state index contributed by atoms with van der Waals surface area (Å²) in [5.74, 6) is -0.0271.